The molecule has 3 aromatic heterocycles. The van der Waals surface area contributed by atoms with Gasteiger partial charge < -0.3 is 24.6 Å². The number of carbonyl (C=O) groups is 2. The zero-order chi connectivity index (χ0) is 38.3. The molecule has 55 heavy (non-hydrogen) atoms. The highest BCUT2D eigenvalue weighted by atomic mass is 19.4. The summed E-state index contributed by atoms with van der Waals surface area (Å²) in [5.41, 5.74) is -2.92. The predicted octanol–water partition coefficient (Wildman–Crippen LogP) is 7.61. The number of ether oxygens (including phenoxy) is 1. The normalized spacial score (nSPS) is 27.6. The molecule has 2 N–H and O–H groups in total. The van der Waals surface area contributed by atoms with E-state index in [-0.39, 0.29) is 48.9 Å². The largest absolute Gasteiger partial charge is 0.490 e. The molecule has 4 aromatic rings. The lowest BCUT2D eigenvalue weighted by Gasteiger charge is -2.59. The van der Waals surface area contributed by atoms with E-state index >= 15 is 0 Å². The number of hydrogen-bond acceptors (Lipinski definition) is 7. The first-order valence-electron chi connectivity index (χ1n) is 19.1. The molecule has 290 valence electrons. The Morgan fingerprint density at radius 1 is 0.945 bits per heavy atom. The summed E-state index contributed by atoms with van der Waals surface area (Å²) in [4.78, 5) is 41.4. The van der Waals surface area contributed by atoms with E-state index < -0.39 is 40.8 Å². The van der Waals surface area contributed by atoms with Crippen molar-refractivity contribution in [1.82, 2.24) is 24.8 Å². The molecule has 4 bridgehead atoms. The van der Waals surface area contributed by atoms with Crippen LogP contribution in [0.5, 0.6) is 5.75 Å². The van der Waals surface area contributed by atoms with Crippen molar-refractivity contribution in [2.75, 3.05) is 18.0 Å². The fraction of sp³-hybridized carbons (Fsp3) is 0.525. The van der Waals surface area contributed by atoms with Gasteiger partial charge >= 0.3 is 12.1 Å². The van der Waals surface area contributed by atoms with Gasteiger partial charge in [-0.25, -0.2) is 28.5 Å². The van der Waals surface area contributed by atoms with Crippen LogP contribution in [0, 0.1) is 29.6 Å². The number of aliphatic carboxylic acids is 1. The second-order valence-electron chi connectivity index (χ2n) is 16.4. The van der Waals surface area contributed by atoms with E-state index in [0.717, 1.165) is 12.5 Å². The topological polar surface area (TPSA) is 122 Å². The molecule has 6 aliphatic rings. The number of carboxylic acid groups (broad SMARTS) is 1. The van der Waals surface area contributed by atoms with Gasteiger partial charge in [-0.3, -0.25) is 4.79 Å². The Balaban J connectivity index is 1.01. The van der Waals surface area contributed by atoms with Crippen molar-refractivity contribution in [3.05, 3.63) is 66.2 Å². The summed E-state index contributed by atoms with van der Waals surface area (Å²) in [6.07, 6.45) is 4.23. The number of pyridine rings is 1. The SMILES string of the molecule is O=C(NC1(C(=O)O)C2CC3CC(C2)CC1C3)c1ccc(-c2cn(CC3CC(F)(F)C3)c3cc(OC4CCN(c5ncccn5)CC4)ccc23)nc1C(F)(F)F. The maximum atomic E-state index is 14.8. The molecule has 1 saturated heterocycles. The lowest BCUT2D eigenvalue weighted by atomic mass is 9.48. The Morgan fingerprint density at radius 3 is 2.24 bits per heavy atom. The molecule has 15 heteroatoms. The number of benzene rings is 1. The molecule has 0 spiro atoms. The van der Waals surface area contributed by atoms with Crippen molar-refractivity contribution >= 4 is 28.7 Å². The molecular formula is C40H41F5N6O4. The fourth-order valence-corrected chi connectivity index (χ4v) is 10.5. The highest BCUT2D eigenvalue weighted by Gasteiger charge is 2.62. The van der Waals surface area contributed by atoms with Gasteiger partial charge in [-0.2, -0.15) is 13.2 Å². The zero-order valence-electron chi connectivity index (χ0n) is 29.9. The number of halogens is 5. The number of rotatable bonds is 9. The average Bonchev–Trinajstić information content (AvgIpc) is 3.49. The number of anilines is 1. The molecule has 10 nitrogen and oxygen atoms in total. The Kier molecular flexibility index (Phi) is 8.57. The van der Waals surface area contributed by atoms with Crippen LogP contribution >= 0.6 is 0 Å². The van der Waals surface area contributed by atoms with Crippen molar-refractivity contribution < 1.29 is 41.4 Å². The molecule has 4 heterocycles. The van der Waals surface area contributed by atoms with E-state index in [1.54, 1.807) is 47.4 Å². The van der Waals surface area contributed by atoms with Crippen LogP contribution in [0.25, 0.3) is 22.2 Å². The van der Waals surface area contributed by atoms with Gasteiger partial charge in [0.1, 0.15) is 17.4 Å². The number of nitrogens with one attached hydrogen (secondary N) is 1. The third-order valence-corrected chi connectivity index (χ3v) is 12.8. The average molecular weight is 765 g/mol. The van der Waals surface area contributed by atoms with Gasteiger partial charge in [0.25, 0.3) is 5.91 Å². The van der Waals surface area contributed by atoms with Gasteiger partial charge in [0.15, 0.2) is 5.69 Å². The highest BCUT2D eigenvalue weighted by molar-refractivity contribution is 6.00. The van der Waals surface area contributed by atoms with Crippen LogP contribution in [0.1, 0.15) is 73.8 Å². The monoisotopic (exact) mass is 764 g/mol. The minimum absolute atomic E-state index is 0.0571. The van der Waals surface area contributed by atoms with E-state index in [1.165, 1.54) is 6.07 Å². The quantitative estimate of drug-likeness (QED) is 0.167. The van der Waals surface area contributed by atoms with E-state index in [0.29, 0.717) is 91.6 Å². The third kappa shape index (κ3) is 6.46. The van der Waals surface area contributed by atoms with Crippen LogP contribution in [0.3, 0.4) is 0 Å². The summed E-state index contributed by atoms with van der Waals surface area (Å²) in [6, 6.07) is 9.41. The van der Waals surface area contributed by atoms with Crippen molar-refractivity contribution in [2.45, 2.75) is 88.1 Å². The number of alkyl halides is 5. The van der Waals surface area contributed by atoms with Gasteiger partial charge in [-0.15, -0.1) is 0 Å². The highest BCUT2D eigenvalue weighted by Crippen LogP contribution is 2.58. The molecule has 0 unspecified atom stereocenters. The van der Waals surface area contributed by atoms with Crippen molar-refractivity contribution in [3.8, 4) is 17.0 Å². The van der Waals surface area contributed by atoms with Crippen LogP contribution in [-0.4, -0.2) is 67.2 Å². The van der Waals surface area contributed by atoms with Gasteiger partial charge in [-0.1, -0.05) is 0 Å². The number of piperidine rings is 1. The summed E-state index contributed by atoms with van der Waals surface area (Å²) in [6.45, 7) is 1.60. The zero-order valence-corrected chi connectivity index (χ0v) is 29.9. The van der Waals surface area contributed by atoms with Crippen LogP contribution < -0.4 is 15.0 Å². The van der Waals surface area contributed by atoms with E-state index in [1.807, 2.05) is 0 Å². The minimum Gasteiger partial charge on any atom is -0.490 e. The third-order valence-electron chi connectivity index (χ3n) is 12.8. The van der Waals surface area contributed by atoms with Gasteiger partial charge in [-0.05, 0) is 92.0 Å². The molecular weight excluding hydrogens is 723 g/mol. The minimum atomic E-state index is -5.04. The first kappa shape index (κ1) is 35.9. The summed E-state index contributed by atoms with van der Waals surface area (Å²) in [5.74, 6) is -4.16. The molecule has 0 radical (unpaired) electrons. The molecule has 1 aromatic carbocycles. The molecule has 1 aliphatic heterocycles. The van der Waals surface area contributed by atoms with Crippen LogP contribution in [0.15, 0.2) is 55.0 Å². The molecule has 5 saturated carbocycles. The van der Waals surface area contributed by atoms with Crippen molar-refractivity contribution in [1.29, 1.82) is 0 Å². The van der Waals surface area contributed by atoms with Crippen molar-refractivity contribution in [3.63, 3.8) is 0 Å². The van der Waals surface area contributed by atoms with Crippen LogP contribution in [0.4, 0.5) is 27.9 Å². The number of carboxylic acids is 1. The maximum absolute atomic E-state index is 14.8. The lowest BCUT2D eigenvalue weighted by Crippen LogP contribution is -2.70. The Hall–Kier alpha value is -4.82. The Morgan fingerprint density at radius 2 is 1.62 bits per heavy atom. The molecule has 0 atom stereocenters. The van der Waals surface area contributed by atoms with Gasteiger partial charge in [0.05, 0.1) is 16.8 Å². The van der Waals surface area contributed by atoms with Gasteiger partial charge in [0, 0.05) is 80.9 Å². The second-order valence-corrected chi connectivity index (χ2v) is 16.4. The summed E-state index contributed by atoms with van der Waals surface area (Å²) in [5, 5.41) is 13.7. The van der Waals surface area contributed by atoms with E-state index in [4.69, 9.17) is 4.74 Å². The van der Waals surface area contributed by atoms with Crippen molar-refractivity contribution in [2.24, 2.45) is 29.6 Å². The summed E-state index contributed by atoms with van der Waals surface area (Å²) < 4.78 is 80.2. The number of aromatic nitrogens is 4. The Labute approximate surface area is 313 Å². The van der Waals surface area contributed by atoms with Crippen LogP contribution in [-0.2, 0) is 17.5 Å². The standard InChI is InChI=1S/C40H41F5N6O4/c41-38(42)18-24(19-38)20-51-21-31(29-3-2-28(17-33(29)51)55-27-6-10-50(11-7-27)37-46-8-1-9-47-37)32-5-4-30(34(48-32)40(43,44)45)35(52)49-39(36(53)54)25-13-22-12-23(15-25)16-26(39)14-22/h1-5,8-9,17,21-27H,6-7,10-16,18-20H2,(H,49,52)(H,53,54). The number of carbonyl (C=O) groups excluding carboxylic acids is 1. The maximum Gasteiger partial charge on any atom is 0.434 e. The Bertz CT molecular complexity index is 2100. The first-order chi connectivity index (χ1) is 26.3. The number of hydrogen-bond donors (Lipinski definition) is 2. The molecule has 5 aliphatic carbocycles. The predicted molar refractivity (Wildman–Crippen MR) is 191 cm³/mol. The summed E-state index contributed by atoms with van der Waals surface area (Å²) in [7, 11) is 0. The number of amides is 1. The number of fused-ring (bicyclic) bond motifs is 1. The fourth-order valence-electron chi connectivity index (χ4n) is 10.5. The molecule has 6 fully saturated rings. The lowest BCUT2D eigenvalue weighted by molar-refractivity contribution is -0.163. The summed E-state index contributed by atoms with van der Waals surface area (Å²) >= 11 is 0. The number of nitrogens with zero attached hydrogens (tertiary/aromatic N) is 5. The van der Waals surface area contributed by atoms with Crippen LogP contribution in [0.2, 0.25) is 0 Å². The van der Waals surface area contributed by atoms with Gasteiger partial charge in [0.2, 0.25) is 11.9 Å². The molecule has 10 rings (SSSR count). The van der Waals surface area contributed by atoms with E-state index in [2.05, 4.69) is 25.2 Å². The first-order valence-corrected chi connectivity index (χ1v) is 19.1. The second kappa shape index (κ2) is 13.1. The molecule has 1 amide bonds. The smallest absolute Gasteiger partial charge is 0.434 e. The van der Waals surface area contributed by atoms with E-state index in [9.17, 15) is 36.6 Å².